The number of nitrogens with one attached hydrogen (secondary N) is 1. The molecule has 1 aromatic rings. The summed E-state index contributed by atoms with van der Waals surface area (Å²) >= 11 is 6.27. The molecule has 0 atom stereocenters. The van der Waals surface area contributed by atoms with Crippen LogP contribution in [0.25, 0.3) is 6.08 Å². The summed E-state index contributed by atoms with van der Waals surface area (Å²) in [4.78, 5) is 12.6. The minimum atomic E-state index is -0.0891. The number of aryl methyl sites for hydroxylation is 1. The van der Waals surface area contributed by atoms with Crippen molar-refractivity contribution < 1.29 is 4.79 Å². The maximum absolute atomic E-state index is 11.2. The predicted octanol–water partition coefficient (Wildman–Crippen LogP) is 4.93. The average molecular weight is 305 g/mol. The molecule has 0 bridgehead atoms. The second-order valence-electron chi connectivity index (χ2n) is 4.90. The number of carbonyl (C=O) groups is 1. The van der Waals surface area contributed by atoms with Crippen molar-refractivity contribution in [2.75, 3.05) is 0 Å². The second kappa shape index (κ2) is 7.60. The Morgan fingerprint density at radius 2 is 1.95 bits per heavy atom. The average Bonchev–Trinajstić information content (AvgIpc) is 2.75. The number of amides is 1. The highest BCUT2D eigenvalue weighted by molar-refractivity contribution is 8.19. The molecule has 0 aromatic heterocycles. The van der Waals surface area contributed by atoms with E-state index in [1.54, 1.807) is 0 Å². The number of hydrogen-bond acceptors (Lipinski definition) is 3. The number of thiocarbonyl (C=S) groups is 1. The molecular formula is C16H19NOS2. The van der Waals surface area contributed by atoms with E-state index in [1.807, 2.05) is 6.08 Å². The summed E-state index contributed by atoms with van der Waals surface area (Å²) in [5.41, 5.74) is 2.46. The Kier molecular flexibility index (Phi) is 5.80. The van der Waals surface area contributed by atoms with Crippen molar-refractivity contribution in [2.45, 2.75) is 39.0 Å². The van der Waals surface area contributed by atoms with E-state index in [2.05, 4.69) is 36.5 Å². The maximum atomic E-state index is 11.2. The first kappa shape index (κ1) is 15.3. The molecule has 0 saturated carbocycles. The van der Waals surface area contributed by atoms with Crippen LogP contribution in [0, 0.1) is 0 Å². The molecule has 0 aliphatic carbocycles. The molecular weight excluding hydrogens is 286 g/mol. The van der Waals surface area contributed by atoms with Crippen molar-refractivity contribution >= 4 is 40.3 Å². The smallest absolute Gasteiger partial charge is 0.289 e. The van der Waals surface area contributed by atoms with Crippen molar-refractivity contribution in [1.82, 2.24) is 5.32 Å². The lowest BCUT2D eigenvalue weighted by molar-refractivity contribution is 0.265. The van der Waals surface area contributed by atoms with Gasteiger partial charge in [-0.25, -0.2) is 0 Å². The van der Waals surface area contributed by atoms with Gasteiger partial charge in [-0.3, -0.25) is 4.79 Å². The van der Waals surface area contributed by atoms with E-state index in [1.165, 1.54) is 31.2 Å². The van der Waals surface area contributed by atoms with E-state index in [0.717, 1.165) is 28.7 Å². The van der Waals surface area contributed by atoms with Gasteiger partial charge in [-0.05, 0) is 41.8 Å². The van der Waals surface area contributed by atoms with Gasteiger partial charge in [0, 0.05) is 0 Å². The van der Waals surface area contributed by atoms with Crippen LogP contribution >= 0.6 is 24.0 Å². The third kappa shape index (κ3) is 4.46. The van der Waals surface area contributed by atoms with E-state index >= 15 is 0 Å². The zero-order chi connectivity index (χ0) is 14.4. The lowest BCUT2D eigenvalue weighted by Crippen LogP contribution is -2.15. The lowest BCUT2D eigenvalue weighted by Gasteiger charge is -2.02. The van der Waals surface area contributed by atoms with E-state index in [4.69, 9.17) is 12.2 Å². The fourth-order valence-corrected chi connectivity index (χ4v) is 3.14. The summed E-state index contributed by atoms with van der Waals surface area (Å²) in [6.07, 6.45) is 8.26. The molecule has 20 heavy (non-hydrogen) atoms. The summed E-state index contributed by atoms with van der Waals surface area (Å²) in [5, 5.41) is 2.54. The van der Waals surface area contributed by atoms with Crippen LogP contribution in [0.2, 0.25) is 0 Å². The van der Waals surface area contributed by atoms with E-state index < -0.39 is 0 Å². The minimum Gasteiger partial charge on any atom is -0.307 e. The highest BCUT2D eigenvalue weighted by Gasteiger charge is 2.21. The Labute approximate surface area is 130 Å². The van der Waals surface area contributed by atoms with Gasteiger partial charge in [0.1, 0.15) is 4.99 Å². The number of thioether (sulfide) groups is 1. The van der Waals surface area contributed by atoms with Crippen LogP contribution < -0.4 is 5.32 Å². The van der Waals surface area contributed by atoms with Gasteiger partial charge in [-0.15, -0.1) is 0 Å². The maximum Gasteiger partial charge on any atom is 0.289 e. The Morgan fingerprint density at radius 1 is 1.20 bits per heavy atom. The molecule has 1 aliphatic rings. The first-order valence-corrected chi connectivity index (χ1v) is 8.25. The van der Waals surface area contributed by atoms with Crippen LogP contribution in [0.1, 0.15) is 43.7 Å². The van der Waals surface area contributed by atoms with E-state index in [9.17, 15) is 4.79 Å². The first-order chi connectivity index (χ1) is 9.69. The van der Waals surface area contributed by atoms with Gasteiger partial charge in [-0.1, -0.05) is 62.7 Å². The molecule has 0 unspecified atom stereocenters. The lowest BCUT2D eigenvalue weighted by atomic mass is 10.0. The third-order valence-electron chi connectivity index (χ3n) is 3.24. The third-order valence-corrected chi connectivity index (χ3v) is 4.52. The molecule has 106 valence electrons. The van der Waals surface area contributed by atoms with Crippen LogP contribution in [-0.2, 0) is 6.42 Å². The summed E-state index contributed by atoms with van der Waals surface area (Å²) in [5.74, 6) is 0. The van der Waals surface area contributed by atoms with E-state index in [-0.39, 0.29) is 5.24 Å². The monoisotopic (exact) mass is 305 g/mol. The van der Waals surface area contributed by atoms with Crippen molar-refractivity contribution in [3.8, 4) is 0 Å². The fourth-order valence-electron chi connectivity index (χ4n) is 2.11. The van der Waals surface area contributed by atoms with Crippen LogP contribution in [0.4, 0.5) is 4.79 Å². The van der Waals surface area contributed by atoms with Gasteiger partial charge in [0.2, 0.25) is 0 Å². The molecule has 2 nitrogen and oxygen atoms in total. The van der Waals surface area contributed by atoms with Gasteiger partial charge < -0.3 is 5.32 Å². The van der Waals surface area contributed by atoms with Gasteiger partial charge in [0.25, 0.3) is 5.24 Å². The van der Waals surface area contributed by atoms with Gasteiger partial charge in [-0.2, -0.15) is 0 Å². The van der Waals surface area contributed by atoms with Crippen molar-refractivity contribution in [3.05, 3.63) is 40.3 Å². The van der Waals surface area contributed by atoms with Crippen LogP contribution in [-0.4, -0.2) is 10.2 Å². The molecule has 1 aromatic carbocycles. The van der Waals surface area contributed by atoms with Crippen LogP contribution in [0.15, 0.2) is 29.2 Å². The predicted molar refractivity (Wildman–Crippen MR) is 91.0 cm³/mol. The highest BCUT2D eigenvalue weighted by Crippen LogP contribution is 2.26. The van der Waals surface area contributed by atoms with Gasteiger partial charge in [0.05, 0.1) is 4.91 Å². The second-order valence-corrected chi connectivity index (χ2v) is 6.33. The normalized spacial score (nSPS) is 16.8. The largest absolute Gasteiger partial charge is 0.307 e. The fraction of sp³-hybridized carbons (Fsp3) is 0.375. The molecule has 0 spiro atoms. The summed E-state index contributed by atoms with van der Waals surface area (Å²) in [6.45, 7) is 2.23. The molecule has 1 saturated heterocycles. The summed E-state index contributed by atoms with van der Waals surface area (Å²) in [7, 11) is 0. The molecule has 1 N–H and O–H groups in total. The van der Waals surface area contributed by atoms with Crippen LogP contribution in [0.5, 0.6) is 0 Å². The number of unbranched alkanes of at least 4 members (excludes halogenated alkanes) is 3. The summed E-state index contributed by atoms with van der Waals surface area (Å²) < 4.78 is 0. The first-order valence-electron chi connectivity index (χ1n) is 7.03. The Hall–Kier alpha value is -1.13. The topological polar surface area (TPSA) is 29.1 Å². The van der Waals surface area contributed by atoms with Gasteiger partial charge >= 0.3 is 0 Å². The Morgan fingerprint density at radius 3 is 2.55 bits per heavy atom. The number of carbonyl (C=O) groups excluding carboxylic acids is 1. The van der Waals surface area contributed by atoms with Crippen LogP contribution in [0.3, 0.4) is 0 Å². The molecule has 2 rings (SSSR count). The van der Waals surface area contributed by atoms with Crippen molar-refractivity contribution in [3.63, 3.8) is 0 Å². The molecule has 1 heterocycles. The van der Waals surface area contributed by atoms with Crippen molar-refractivity contribution in [1.29, 1.82) is 0 Å². The zero-order valence-corrected chi connectivity index (χ0v) is 13.3. The molecule has 1 aliphatic heterocycles. The number of rotatable bonds is 6. The summed E-state index contributed by atoms with van der Waals surface area (Å²) in [6, 6.07) is 8.51. The Balaban J connectivity index is 1.93. The number of benzene rings is 1. The molecule has 1 amide bonds. The standard InChI is InChI=1S/C16H19NOS2/c1-2-3-4-5-6-12-7-9-13(10-8-12)11-14-15(19)17-16(18)20-14/h7-11H,2-6H2,1H3,(H,17,18,19). The van der Waals surface area contributed by atoms with Crippen molar-refractivity contribution in [2.24, 2.45) is 0 Å². The molecule has 1 fully saturated rings. The Bertz CT molecular complexity index is 520. The quantitative estimate of drug-likeness (QED) is 0.459. The van der Waals surface area contributed by atoms with E-state index in [0.29, 0.717) is 4.99 Å². The highest BCUT2D eigenvalue weighted by atomic mass is 32.2. The molecule has 4 heteroatoms. The number of hydrogen-bond donors (Lipinski definition) is 1. The minimum absolute atomic E-state index is 0.0891. The van der Waals surface area contributed by atoms with Gasteiger partial charge in [0.15, 0.2) is 0 Å². The molecule has 0 radical (unpaired) electrons. The zero-order valence-electron chi connectivity index (χ0n) is 11.6. The SMILES string of the molecule is CCCCCCc1ccc(C=C2SC(=O)NC2=S)cc1.